The van der Waals surface area contributed by atoms with Crippen molar-refractivity contribution in [1.82, 2.24) is 19.9 Å². The quantitative estimate of drug-likeness (QED) is 0.639. The van der Waals surface area contributed by atoms with Gasteiger partial charge in [0.25, 0.3) is 11.6 Å². The van der Waals surface area contributed by atoms with Crippen LogP contribution in [0.3, 0.4) is 0 Å². The Kier molecular flexibility index (Phi) is 4.55. The Labute approximate surface area is 142 Å². The number of aliphatic carboxylic acids is 1. The molecule has 2 aromatic rings. The van der Waals surface area contributed by atoms with Gasteiger partial charge in [0.05, 0.1) is 16.3 Å². The number of non-ortho nitro benzene ring substituents is 1. The molecule has 1 amide bonds. The number of hydrogen-bond donors (Lipinski definition) is 1. The number of carboxylic acid groups (broad SMARTS) is 1. The lowest BCUT2D eigenvalue weighted by molar-refractivity contribution is -0.384. The van der Waals surface area contributed by atoms with Gasteiger partial charge in [-0.3, -0.25) is 14.9 Å². The number of amides is 1. The summed E-state index contributed by atoms with van der Waals surface area (Å²) in [4.78, 5) is 35.3. The summed E-state index contributed by atoms with van der Waals surface area (Å²) < 4.78 is 1.29. The number of carbonyl (C=O) groups excluding carboxylic acids is 1. The van der Waals surface area contributed by atoms with Gasteiger partial charge in [0.1, 0.15) is 5.54 Å². The van der Waals surface area contributed by atoms with E-state index in [1.165, 1.54) is 43.8 Å². The first-order chi connectivity index (χ1) is 11.6. The van der Waals surface area contributed by atoms with Crippen molar-refractivity contribution >= 4 is 17.6 Å². The smallest absolute Gasteiger partial charge is 0.329 e. The minimum absolute atomic E-state index is 0.0247. The third-order valence-electron chi connectivity index (χ3n) is 4.05. The van der Waals surface area contributed by atoms with Crippen molar-refractivity contribution in [1.29, 1.82) is 0 Å². The molecule has 25 heavy (non-hydrogen) atoms. The summed E-state index contributed by atoms with van der Waals surface area (Å²) in [6.07, 6.45) is 0. The zero-order valence-electron chi connectivity index (χ0n) is 14.1. The van der Waals surface area contributed by atoms with Crippen LogP contribution >= 0.6 is 0 Å². The van der Waals surface area contributed by atoms with E-state index in [9.17, 15) is 24.8 Å². The van der Waals surface area contributed by atoms with E-state index >= 15 is 0 Å². The van der Waals surface area contributed by atoms with Gasteiger partial charge in [-0.15, -0.1) is 5.10 Å². The SMILES string of the molecule is Cc1c(C(=O)N(C)C(C)(C)C(=O)O)nnn1-c1cccc([N+](=O)[O-])c1. The molecule has 0 aliphatic heterocycles. The number of nitrogens with zero attached hydrogens (tertiary/aromatic N) is 5. The molecule has 132 valence electrons. The zero-order chi connectivity index (χ0) is 18.9. The second-order valence-corrected chi connectivity index (χ2v) is 5.94. The second-order valence-electron chi connectivity index (χ2n) is 5.94. The Balaban J connectivity index is 2.42. The van der Waals surface area contributed by atoms with Crippen molar-refractivity contribution in [3.05, 3.63) is 45.8 Å². The maximum Gasteiger partial charge on any atom is 0.329 e. The second kappa shape index (κ2) is 6.30. The molecule has 0 atom stereocenters. The Morgan fingerprint density at radius 3 is 2.56 bits per heavy atom. The Hall–Kier alpha value is -3.30. The van der Waals surface area contributed by atoms with Gasteiger partial charge in [-0.2, -0.15) is 0 Å². The van der Waals surface area contributed by atoms with Crippen molar-refractivity contribution < 1.29 is 19.6 Å². The molecule has 0 spiro atoms. The van der Waals surface area contributed by atoms with E-state index in [2.05, 4.69) is 10.3 Å². The lowest BCUT2D eigenvalue weighted by Crippen LogP contribution is -2.51. The molecule has 1 aromatic carbocycles. The first-order valence-corrected chi connectivity index (χ1v) is 7.26. The third-order valence-corrected chi connectivity index (χ3v) is 4.05. The molecule has 10 nitrogen and oxygen atoms in total. The van der Waals surface area contributed by atoms with Crippen molar-refractivity contribution in [3.63, 3.8) is 0 Å². The largest absolute Gasteiger partial charge is 0.480 e. The number of nitro groups is 1. The number of hydrogen-bond acceptors (Lipinski definition) is 6. The highest BCUT2D eigenvalue weighted by molar-refractivity contribution is 5.96. The molecule has 1 N–H and O–H groups in total. The van der Waals surface area contributed by atoms with Gasteiger partial charge >= 0.3 is 5.97 Å². The van der Waals surface area contributed by atoms with E-state index in [4.69, 9.17) is 0 Å². The van der Waals surface area contributed by atoms with E-state index < -0.39 is 22.3 Å². The van der Waals surface area contributed by atoms with Crippen LogP contribution in [-0.2, 0) is 4.79 Å². The molecule has 1 aromatic heterocycles. The Morgan fingerprint density at radius 2 is 2.00 bits per heavy atom. The molecule has 0 aliphatic carbocycles. The number of benzene rings is 1. The van der Waals surface area contributed by atoms with Crippen molar-refractivity contribution in [2.75, 3.05) is 7.05 Å². The van der Waals surface area contributed by atoms with Gasteiger partial charge in [0, 0.05) is 19.2 Å². The monoisotopic (exact) mass is 347 g/mol. The van der Waals surface area contributed by atoms with Gasteiger partial charge < -0.3 is 10.0 Å². The molecule has 0 saturated heterocycles. The predicted octanol–water partition coefficient (Wildman–Crippen LogP) is 1.42. The summed E-state index contributed by atoms with van der Waals surface area (Å²) in [5, 5.41) is 27.8. The predicted molar refractivity (Wildman–Crippen MR) is 86.6 cm³/mol. The molecule has 0 aliphatic rings. The van der Waals surface area contributed by atoms with Crippen LogP contribution < -0.4 is 0 Å². The molecule has 10 heteroatoms. The highest BCUT2D eigenvalue weighted by Crippen LogP contribution is 2.21. The average molecular weight is 347 g/mol. The van der Waals surface area contributed by atoms with Gasteiger partial charge in [-0.1, -0.05) is 11.3 Å². The summed E-state index contributed by atoms with van der Waals surface area (Å²) in [5.41, 5.74) is -0.858. The van der Waals surface area contributed by atoms with Gasteiger partial charge in [-0.25, -0.2) is 9.48 Å². The number of nitro benzene ring substituents is 1. The molecule has 1 heterocycles. The molecule has 0 bridgehead atoms. The number of carbonyl (C=O) groups is 2. The summed E-state index contributed by atoms with van der Waals surface area (Å²) in [7, 11) is 1.36. The number of aromatic nitrogens is 3. The first kappa shape index (κ1) is 18.0. The fraction of sp³-hybridized carbons (Fsp3) is 0.333. The van der Waals surface area contributed by atoms with Crippen LogP contribution in [0.4, 0.5) is 5.69 Å². The summed E-state index contributed by atoms with van der Waals surface area (Å²) in [5.74, 6) is -1.77. The van der Waals surface area contributed by atoms with Gasteiger partial charge in [0.15, 0.2) is 5.69 Å². The Bertz CT molecular complexity index is 858. The molecular weight excluding hydrogens is 330 g/mol. The van der Waals surface area contributed by atoms with Crippen LogP contribution in [0.5, 0.6) is 0 Å². The fourth-order valence-corrected chi connectivity index (χ4v) is 2.07. The molecule has 0 saturated carbocycles. The highest BCUT2D eigenvalue weighted by atomic mass is 16.6. The molecular formula is C15H17N5O5. The zero-order valence-corrected chi connectivity index (χ0v) is 14.1. The fourth-order valence-electron chi connectivity index (χ4n) is 2.07. The molecule has 2 rings (SSSR count). The maximum absolute atomic E-state index is 12.6. The van der Waals surface area contributed by atoms with Crippen LogP contribution in [0.2, 0.25) is 0 Å². The number of likely N-dealkylation sites (N-methyl/N-ethyl adjacent to an activating group) is 1. The van der Waals surface area contributed by atoms with Crippen LogP contribution in [0.15, 0.2) is 24.3 Å². The summed E-state index contributed by atoms with van der Waals surface area (Å²) in [6, 6.07) is 5.73. The van der Waals surface area contributed by atoms with E-state index in [0.29, 0.717) is 11.4 Å². The summed E-state index contributed by atoms with van der Waals surface area (Å²) >= 11 is 0. The highest BCUT2D eigenvalue weighted by Gasteiger charge is 2.37. The average Bonchev–Trinajstić information content (AvgIpc) is 2.94. The first-order valence-electron chi connectivity index (χ1n) is 7.26. The van der Waals surface area contributed by atoms with Crippen LogP contribution in [0.25, 0.3) is 5.69 Å². The van der Waals surface area contributed by atoms with E-state index in [0.717, 1.165) is 4.90 Å². The van der Waals surface area contributed by atoms with Crippen LogP contribution in [0, 0.1) is 17.0 Å². The topological polar surface area (TPSA) is 131 Å². The van der Waals surface area contributed by atoms with Crippen molar-refractivity contribution in [2.24, 2.45) is 0 Å². The Morgan fingerprint density at radius 1 is 1.36 bits per heavy atom. The molecule has 0 radical (unpaired) electrons. The van der Waals surface area contributed by atoms with E-state index in [1.54, 1.807) is 13.0 Å². The van der Waals surface area contributed by atoms with E-state index in [-0.39, 0.29) is 11.4 Å². The lowest BCUT2D eigenvalue weighted by Gasteiger charge is -2.30. The van der Waals surface area contributed by atoms with Crippen molar-refractivity contribution in [2.45, 2.75) is 26.3 Å². The van der Waals surface area contributed by atoms with E-state index in [1.807, 2.05) is 0 Å². The number of rotatable bonds is 5. The molecule has 0 unspecified atom stereocenters. The normalized spacial score (nSPS) is 11.2. The standard InChI is InChI=1S/C15H17N5O5/c1-9-12(13(21)18(4)15(2,3)14(22)23)16-17-19(9)10-6-5-7-11(8-10)20(24)25/h5-8H,1-4H3,(H,22,23). The maximum atomic E-state index is 12.6. The minimum atomic E-state index is -1.43. The molecule has 0 fully saturated rings. The lowest BCUT2D eigenvalue weighted by atomic mass is 10.0. The van der Waals surface area contributed by atoms with Crippen molar-refractivity contribution in [3.8, 4) is 5.69 Å². The van der Waals surface area contributed by atoms with Gasteiger partial charge in [0.2, 0.25) is 0 Å². The van der Waals surface area contributed by atoms with Crippen LogP contribution in [-0.4, -0.2) is 54.4 Å². The third kappa shape index (κ3) is 3.18. The van der Waals surface area contributed by atoms with Gasteiger partial charge in [-0.05, 0) is 26.8 Å². The van der Waals surface area contributed by atoms with Crippen LogP contribution in [0.1, 0.15) is 30.0 Å². The number of carboxylic acids is 1. The minimum Gasteiger partial charge on any atom is -0.480 e. The summed E-state index contributed by atoms with van der Waals surface area (Å²) in [6.45, 7) is 4.37.